The van der Waals surface area contributed by atoms with Gasteiger partial charge in [-0.25, -0.2) is 0 Å². The summed E-state index contributed by atoms with van der Waals surface area (Å²) < 4.78 is 12.4. The van der Waals surface area contributed by atoms with Crippen molar-refractivity contribution in [2.45, 2.75) is 20.1 Å². The summed E-state index contributed by atoms with van der Waals surface area (Å²) in [6.45, 7) is 2.49. The Hall–Kier alpha value is -1.87. The summed E-state index contributed by atoms with van der Waals surface area (Å²) in [7, 11) is 0. The number of imide groups is 1. The number of benzene rings is 3. The van der Waals surface area contributed by atoms with E-state index in [1.807, 2.05) is 6.92 Å². The van der Waals surface area contributed by atoms with Crippen molar-refractivity contribution in [1.29, 1.82) is 0 Å². The lowest BCUT2D eigenvalue weighted by Gasteiger charge is -2.15. The van der Waals surface area contributed by atoms with E-state index in [1.165, 1.54) is 0 Å². The number of rotatable bonds is 8. The first kappa shape index (κ1) is 28.1. The van der Waals surface area contributed by atoms with Gasteiger partial charge in [0.2, 0.25) is 0 Å². The van der Waals surface area contributed by atoms with Crippen LogP contribution in [-0.2, 0) is 17.9 Å². The molecule has 1 saturated heterocycles. The zero-order valence-electron chi connectivity index (χ0n) is 19.2. The number of nitrogens with zero attached hydrogens (tertiary/aromatic N) is 1. The van der Waals surface area contributed by atoms with E-state index in [4.69, 9.17) is 55.9 Å². The Morgan fingerprint density at radius 1 is 0.919 bits per heavy atom. The highest BCUT2D eigenvalue weighted by molar-refractivity contribution is 9.10. The molecule has 3 aromatic rings. The standard InChI is InChI=1S/C26H18BrCl4NO4S/c1-2-35-22-8-14(7-19(27)24(22)36-13-16-4-6-18(29)11-21(16)31)9-23-25(33)32(26(34)37-23)12-15-3-5-17(28)10-20(15)30/h3-11H,2,12-13H2,1H3/b23-9-. The minimum Gasteiger partial charge on any atom is -0.490 e. The minimum absolute atomic E-state index is 0.0476. The molecule has 11 heteroatoms. The summed E-state index contributed by atoms with van der Waals surface area (Å²) in [6.07, 6.45) is 1.64. The van der Waals surface area contributed by atoms with Crippen LogP contribution in [0.1, 0.15) is 23.6 Å². The van der Waals surface area contributed by atoms with Gasteiger partial charge in [-0.3, -0.25) is 14.5 Å². The Bertz CT molecular complexity index is 1420. The van der Waals surface area contributed by atoms with Crippen LogP contribution >= 0.6 is 74.1 Å². The monoisotopic (exact) mass is 659 g/mol. The quantitative estimate of drug-likeness (QED) is 0.225. The number of halogens is 5. The van der Waals surface area contributed by atoms with Crippen molar-refractivity contribution in [2.24, 2.45) is 0 Å². The van der Waals surface area contributed by atoms with E-state index in [-0.39, 0.29) is 23.3 Å². The number of hydrogen-bond acceptors (Lipinski definition) is 5. The number of carbonyl (C=O) groups excluding carboxylic acids is 2. The maximum Gasteiger partial charge on any atom is 0.293 e. The summed E-state index contributed by atoms with van der Waals surface area (Å²) in [4.78, 5) is 27.1. The molecule has 0 atom stereocenters. The van der Waals surface area contributed by atoms with Crippen LogP contribution in [0.25, 0.3) is 6.08 Å². The molecule has 0 aliphatic carbocycles. The molecule has 1 aliphatic rings. The largest absolute Gasteiger partial charge is 0.490 e. The van der Waals surface area contributed by atoms with E-state index in [2.05, 4.69) is 15.9 Å². The van der Waals surface area contributed by atoms with Crippen molar-refractivity contribution in [3.8, 4) is 11.5 Å². The molecule has 0 bridgehead atoms. The fourth-order valence-corrected chi connectivity index (χ4v) is 5.81. The average molecular weight is 662 g/mol. The highest BCUT2D eigenvalue weighted by Crippen LogP contribution is 2.40. The van der Waals surface area contributed by atoms with Crippen LogP contribution < -0.4 is 9.47 Å². The summed E-state index contributed by atoms with van der Waals surface area (Å²) in [5.74, 6) is 0.545. The Morgan fingerprint density at radius 2 is 1.57 bits per heavy atom. The lowest BCUT2D eigenvalue weighted by atomic mass is 10.1. The first-order valence-corrected chi connectivity index (χ1v) is 14.0. The predicted octanol–water partition coefficient (Wildman–Crippen LogP) is 9.28. The average Bonchev–Trinajstić information content (AvgIpc) is 3.08. The number of hydrogen-bond donors (Lipinski definition) is 0. The Kier molecular flexibility index (Phi) is 9.38. The molecule has 0 N–H and O–H groups in total. The van der Waals surface area contributed by atoms with Gasteiger partial charge in [-0.05, 0) is 88.2 Å². The third kappa shape index (κ3) is 6.77. The van der Waals surface area contributed by atoms with Crippen molar-refractivity contribution in [2.75, 3.05) is 6.61 Å². The van der Waals surface area contributed by atoms with Crippen molar-refractivity contribution < 1.29 is 19.1 Å². The van der Waals surface area contributed by atoms with Gasteiger partial charge in [0.05, 0.1) is 22.5 Å². The molecule has 4 rings (SSSR count). The predicted molar refractivity (Wildman–Crippen MR) is 154 cm³/mol. The third-order valence-electron chi connectivity index (χ3n) is 5.23. The molecule has 2 amide bonds. The Labute approximate surface area is 246 Å². The Balaban J connectivity index is 1.56. The van der Waals surface area contributed by atoms with Gasteiger partial charge in [0.15, 0.2) is 11.5 Å². The van der Waals surface area contributed by atoms with E-state index in [0.29, 0.717) is 53.8 Å². The molecular formula is C26H18BrCl4NO4S. The number of amides is 2. The molecule has 3 aromatic carbocycles. The van der Waals surface area contributed by atoms with Crippen LogP contribution in [0.3, 0.4) is 0 Å². The molecule has 0 aromatic heterocycles. The van der Waals surface area contributed by atoms with Gasteiger partial charge in [0.25, 0.3) is 11.1 Å². The maximum absolute atomic E-state index is 13.0. The SMILES string of the molecule is CCOc1cc(/C=C2\SC(=O)N(Cc3ccc(Cl)cc3Cl)C2=O)cc(Br)c1OCc1ccc(Cl)cc1Cl. The van der Waals surface area contributed by atoms with Crippen molar-refractivity contribution >= 4 is 91.3 Å². The lowest BCUT2D eigenvalue weighted by Crippen LogP contribution is -2.27. The van der Waals surface area contributed by atoms with Crippen molar-refractivity contribution in [1.82, 2.24) is 4.90 Å². The Morgan fingerprint density at radius 3 is 2.19 bits per heavy atom. The van der Waals surface area contributed by atoms with Crippen LogP contribution in [0, 0.1) is 0 Å². The van der Waals surface area contributed by atoms with Crippen LogP contribution in [0.5, 0.6) is 11.5 Å². The van der Waals surface area contributed by atoms with E-state index in [9.17, 15) is 9.59 Å². The zero-order chi connectivity index (χ0) is 26.7. The summed E-state index contributed by atoms with van der Waals surface area (Å²) >= 11 is 28.8. The second kappa shape index (κ2) is 12.3. The molecule has 1 aliphatic heterocycles. The summed E-state index contributed by atoms with van der Waals surface area (Å²) in [5, 5.41) is 1.51. The van der Waals surface area contributed by atoms with Crippen LogP contribution in [0.4, 0.5) is 4.79 Å². The summed E-state index contributed by atoms with van der Waals surface area (Å²) in [5.41, 5.74) is 2.04. The molecule has 37 heavy (non-hydrogen) atoms. The third-order valence-corrected chi connectivity index (χ3v) is 7.90. The fraction of sp³-hybridized carbons (Fsp3) is 0.154. The molecule has 0 unspecified atom stereocenters. The van der Waals surface area contributed by atoms with E-state index < -0.39 is 5.91 Å². The molecule has 192 valence electrons. The number of carbonyl (C=O) groups is 2. The molecule has 0 radical (unpaired) electrons. The van der Waals surface area contributed by atoms with Gasteiger partial charge in [0.1, 0.15) is 6.61 Å². The van der Waals surface area contributed by atoms with Crippen LogP contribution in [0.15, 0.2) is 57.9 Å². The van der Waals surface area contributed by atoms with Gasteiger partial charge in [-0.15, -0.1) is 0 Å². The number of thioether (sulfide) groups is 1. The second-order valence-electron chi connectivity index (χ2n) is 7.79. The van der Waals surface area contributed by atoms with Crippen LogP contribution in [0.2, 0.25) is 20.1 Å². The number of ether oxygens (including phenoxy) is 2. The van der Waals surface area contributed by atoms with Gasteiger partial charge in [-0.2, -0.15) is 0 Å². The van der Waals surface area contributed by atoms with Gasteiger partial charge >= 0.3 is 0 Å². The zero-order valence-corrected chi connectivity index (χ0v) is 24.6. The molecule has 1 fully saturated rings. The molecule has 0 saturated carbocycles. The van der Waals surface area contributed by atoms with Gasteiger partial charge in [0, 0.05) is 25.7 Å². The summed E-state index contributed by atoms with van der Waals surface area (Å²) in [6, 6.07) is 13.6. The van der Waals surface area contributed by atoms with Crippen molar-refractivity contribution in [3.63, 3.8) is 0 Å². The van der Waals surface area contributed by atoms with E-state index in [0.717, 1.165) is 22.2 Å². The first-order chi connectivity index (χ1) is 17.7. The molecule has 1 heterocycles. The topological polar surface area (TPSA) is 55.8 Å². The van der Waals surface area contributed by atoms with Crippen molar-refractivity contribution in [3.05, 3.63) is 94.7 Å². The normalized spacial score (nSPS) is 14.5. The van der Waals surface area contributed by atoms with Crippen LogP contribution in [-0.4, -0.2) is 22.7 Å². The fourth-order valence-electron chi connectivity index (χ4n) is 3.47. The van der Waals surface area contributed by atoms with Gasteiger partial charge in [-0.1, -0.05) is 58.5 Å². The highest BCUT2D eigenvalue weighted by Gasteiger charge is 2.35. The molecule has 5 nitrogen and oxygen atoms in total. The maximum atomic E-state index is 13.0. The lowest BCUT2D eigenvalue weighted by molar-refractivity contribution is -0.123. The van der Waals surface area contributed by atoms with E-state index >= 15 is 0 Å². The smallest absolute Gasteiger partial charge is 0.293 e. The van der Waals surface area contributed by atoms with Gasteiger partial charge < -0.3 is 9.47 Å². The highest BCUT2D eigenvalue weighted by atomic mass is 79.9. The molecule has 0 spiro atoms. The molecular weight excluding hydrogens is 644 g/mol. The second-order valence-corrected chi connectivity index (χ2v) is 11.3. The van der Waals surface area contributed by atoms with E-state index in [1.54, 1.807) is 54.6 Å². The minimum atomic E-state index is -0.409. The first-order valence-electron chi connectivity index (χ1n) is 10.9.